The molecule has 1 aromatic carbocycles. The van der Waals surface area contributed by atoms with Crippen molar-refractivity contribution in [3.8, 4) is 0 Å². The van der Waals surface area contributed by atoms with Crippen LogP contribution in [-0.2, 0) is 25.7 Å². The molecule has 0 saturated carbocycles. The quantitative estimate of drug-likeness (QED) is 0.696. The topological polar surface area (TPSA) is 97.2 Å². The largest absolute Gasteiger partial charge is 0.453 e. The highest BCUT2D eigenvalue weighted by Crippen LogP contribution is 2.35. The summed E-state index contributed by atoms with van der Waals surface area (Å²) in [6.07, 6.45) is -5.69. The number of alkyl halides is 3. The maximum Gasteiger partial charge on any atom is 0.417 e. The van der Waals surface area contributed by atoms with Gasteiger partial charge in [0, 0.05) is 0 Å². The van der Waals surface area contributed by atoms with Crippen LogP contribution < -0.4 is 10.2 Å². The third-order valence-corrected chi connectivity index (χ3v) is 6.03. The van der Waals surface area contributed by atoms with Crippen molar-refractivity contribution in [3.63, 3.8) is 0 Å². The number of sulfonamides is 1. The van der Waals surface area contributed by atoms with Crippen molar-refractivity contribution in [1.82, 2.24) is 9.62 Å². The summed E-state index contributed by atoms with van der Waals surface area (Å²) in [6, 6.07) is 4.03. The van der Waals surface area contributed by atoms with Gasteiger partial charge in [-0.25, -0.2) is 13.2 Å². The van der Waals surface area contributed by atoms with Gasteiger partial charge >= 0.3 is 12.3 Å². The van der Waals surface area contributed by atoms with Crippen molar-refractivity contribution in [3.05, 3.63) is 29.8 Å². The predicted molar refractivity (Wildman–Crippen MR) is 86.3 cm³/mol. The van der Waals surface area contributed by atoms with Gasteiger partial charge in [0.05, 0.1) is 43.7 Å². The molecular formula is C15H19F3N3O5S+. The van der Waals surface area contributed by atoms with E-state index in [0.717, 1.165) is 29.6 Å². The summed E-state index contributed by atoms with van der Waals surface area (Å²) >= 11 is 0. The molecule has 27 heavy (non-hydrogen) atoms. The van der Waals surface area contributed by atoms with Crippen LogP contribution in [0, 0.1) is 0 Å². The zero-order chi connectivity index (χ0) is 20.2. The van der Waals surface area contributed by atoms with E-state index < -0.39 is 38.7 Å². The molecule has 2 N–H and O–H groups in total. The second kappa shape index (κ2) is 8.23. The van der Waals surface area contributed by atoms with Crippen LogP contribution in [0.15, 0.2) is 29.2 Å². The summed E-state index contributed by atoms with van der Waals surface area (Å²) in [7, 11) is -3.22. The van der Waals surface area contributed by atoms with Crippen LogP contribution in [0.25, 0.3) is 0 Å². The molecule has 150 valence electrons. The van der Waals surface area contributed by atoms with Crippen LogP contribution in [0.4, 0.5) is 18.0 Å². The maximum atomic E-state index is 13.1. The number of amides is 2. The standard InChI is InChI=1S/C15H18F3N3O5S/c1-26-14(23)19-13(22)10-20-6-8-21(9-7-20)27(24,25)12-5-3-2-4-11(12)15(16,17)18/h2-5H,6-10H2,1H3,(H,19,22,23)/p+1. The highest BCUT2D eigenvalue weighted by molar-refractivity contribution is 7.89. The van der Waals surface area contributed by atoms with E-state index >= 15 is 0 Å². The SMILES string of the molecule is COC(=O)NC(=O)C[NH+]1CCN(S(=O)(=O)c2ccccc2C(F)(F)F)CC1. The summed E-state index contributed by atoms with van der Waals surface area (Å²) in [5, 5.41) is 1.99. The van der Waals surface area contributed by atoms with E-state index in [1.807, 2.05) is 5.32 Å². The smallest absolute Gasteiger partial charge is 0.417 e. The van der Waals surface area contributed by atoms with Gasteiger partial charge in [-0.2, -0.15) is 17.5 Å². The van der Waals surface area contributed by atoms with Crippen molar-refractivity contribution in [2.24, 2.45) is 0 Å². The number of ether oxygens (including phenoxy) is 1. The number of hydrogen-bond donors (Lipinski definition) is 2. The number of alkyl carbamates (subject to hydrolysis) is 1. The first-order chi connectivity index (χ1) is 12.6. The minimum Gasteiger partial charge on any atom is -0.453 e. The number of imide groups is 1. The highest BCUT2D eigenvalue weighted by atomic mass is 32.2. The van der Waals surface area contributed by atoms with Crippen molar-refractivity contribution >= 4 is 22.0 Å². The Morgan fingerprint density at radius 1 is 1.22 bits per heavy atom. The second-order valence-corrected chi connectivity index (χ2v) is 7.77. The van der Waals surface area contributed by atoms with Gasteiger partial charge < -0.3 is 9.64 Å². The molecule has 2 rings (SSSR count). The molecule has 0 aliphatic carbocycles. The van der Waals surface area contributed by atoms with E-state index in [2.05, 4.69) is 4.74 Å². The first kappa shape index (κ1) is 21.1. The Morgan fingerprint density at radius 3 is 2.37 bits per heavy atom. The van der Waals surface area contributed by atoms with Crippen LogP contribution in [0.3, 0.4) is 0 Å². The number of carbonyl (C=O) groups is 2. The summed E-state index contributed by atoms with van der Waals surface area (Å²) in [6.45, 7) is 0.247. The predicted octanol–water partition coefficient (Wildman–Crippen LogP) is -0.523. The molecule has 1 saturated heterocycles. The van der Waals surface area contributed by atoms with Gasteiger partial charge in [0.2, 0.25) is 10.0 Å². The summed E-state index contributed by atoms with van der Waals surface area (Å²) in [4.78, 5) is 22.5. The van der Waals surface area contributed by atoms with E-state index in [9.17, 15) is 31.2 Å². The van der Waals surface area contributed by atoms with Gasteiger partial charge in [0.1, 0.15) is 0 Å². The van der Waals surface area contributed by atoms with Gasteiger partial charge in [-0.3, -0.25) is 10.1 Å². The second-order valence-electron chi connectivity index (χ2n) is 5.86. The summed E-state index contributed by atoms with van der Waals surface area (Å²) in [5.41, 5.74) is -1.21. The molecule has 0 aromatic heterocycles. The average molecular weight is 410 g/mol. The maximum absolute atomic E-state index is 13.1. The third-order valence-electron chi connectivity index (χ3n) is 4.08. The van der Waals surface area contributed by atoms with Crippen LogP contribution >= 0.6 is 0 Å². The number of piperazine rings is 1. The molecular weight excluding hydrogens is 391 g/mol. The van der Waals surface area contributed by atoms with Crippen LogP contribution in [0.1, 0.15) is 5.56 Å². The lowest BCUT2D eigenvalue weighted by atomic mass is 10.2. The van der Waals surface area contributed by atoms with Crippen LogP contribution in [-0.4, -0.2) is 64.6 Å². The number of carbonyl (C=O) groups excluding carboxylic acids is 2. The van der Waals surface area contributed by atoms with Crippen molar-refractivity contribution in [2.45, 2.75) is 11.1 Å². The number of benzene rings is 1. The Hall–Kier alpha value is -2.18. The van der Waals surface area contributed by atoms with Gasteiger partial charge in [-0.1, -0.05) is 12.1 Å². The van der Waals surface area contributed by atoms with Crippen molar-refractivity contribution in [2.75, 3.05) is 39.8 Å². The Morgan fingerprint density at radius 2 is 1.81 bits per heavy atom. The number of quaternary nitrogens is 1. The first-order valence-electron chi connectivity index (χ1n) is 7.93. The van der Waals surface area contributed by atoms with E-state index in [-0.39, 0.29) is 32.7 Å². The molecule has 1 heterocycles. The van der Waals surface area contributed by atoms with Crippen LogP contribution in [0.2, 0.25) is 0 Å². The molecule has 8 nitrogen and oxygen atoms in total. The van der Waals surface area contributed by atoms with Crippen LogP contribution in [0.5, 0.6) is 0 Å². The molecule has 0 atom stereocenters. The van der Waals surface area contributed by atoms with E-state index in [4.69, 9.17) is 0 Å². The Labute approximate surface area is 153 Å². The lowest BCUT2D eigenvalue weighted by molar-refractivity contribution is -0.895. The fraction of sp³-hybridized carbons (Fsp3) is 0.467. The normalized spacial score (nSPS) is 16.7. The molecule has 1 aromatic rings. The fourth-order valence-electron chi connectivity index (χ4n) is 2.72. The van der Waals surface area contributed by atoms with Gasteiger partial charge in [0.15, 0.2) is 6.54 Å². The van der Waals surface area contributed by atoms with E-state index in [1.165, 1.54) is 6.07 Å². The van der Waals surface area contributed by atoms with E-state index in [0.29, 0.717) is 4.90 Å². The number of hydrogen-bond acceptors (Lipinski definition) is 5. The molecule has 12 heteroatoms. The molecule has 1 aliphatic heterocycles. The Balaban J connectivity index is 2.06. The summed E-state index contributed by atoms with van der Waals surface area (Å²) in [5.74, 6) is -0.587. The molecule has 0 radical (unpaired) electrons. The molecule has 0 spiro atoms. The monoisotopic (exact) mass is 410 g/mol. The van der Waals surface area contributed by atoms with Crippen molar-refractivity contribution in [1.29, 1.82) is 0 Å². The van der Waals surface area contributed by atoms with Crippen molar-refractivity contribution < 1.29 is 40.8 Å². The molecule has 2 amide bonds. The zero-order valence-corrected chi connectivity index (χ0v) is 15.2. The summed E-state index contributed by atoms with van der Waals surface area (Å²) < 4.78 is 69.9. The number of rotatable bonds is 4. The number of methoxy groups -OCH3 is 1. The first-order valence-corrected chi connectivity index (χ1v) is 9.37. The fourth-order valence-corrected chi connectivity index (χ4v) is 4.37. The lowest BCUT2D eigenvalue weighted by Crippen LogP contribution is -3.15. The molecule has 1 aliphatic rings. The minimum absolute atomic E-state index is 0.0463. The highest BCUT2D eigenvalue weighted by Gasteiger charge is 2.40. The minimum atomic E-state index is -4.79. The average Bonchev–Trinajstić information content (AvgIpc) is 2.61. The number of nitrogens with one attached hydrogen (secondary N) is 2. The lowest BCUT2D eigenvalue weighted by Gasteiger charge is -2.31. The Kier molecular flexibility index (Phi) is 6.44. The molecule has 0 bridgehead atoms. The molecule has 1 fully saturated rings. The Bertz CT molecular complexity index is 805. The third kappa shape index (κ3) is 5.17. The van der Waals surface area contributed by atoms with Gasteiger partial charge in [-0.05, 0) is 12.1 Å². The van der Waals surface area contributed by atoms with E-state index in [1.54, 1.807) is 0 Å². The molecule has 0 unspecified atom stereocenters. The number of halogens is 3. The van der Waals surface area contributed by atoms with Gasteiger partial charge in [0.25, 0.3) is 5.91 Å². The van der Waals surface area contributed by atoms with Gasteiger partial charge in [-0.15, -0.1) is 0 Å². The number of nitrogens with zero attached hydrogens (tertiary/aromatic N) is 1. The zero-order valence-electron chi connectivity index (χ0n) is 14.4.